The fourth-order valence-electron chi connectivity index (χ4n) is 3.31. The van der Waals surface area contributed by atoms with E-state index in [1.54, 1.807) is 23.1 Å². The summed E-state index contributed by atoms with van der Waals surface area (Å²) in [5, 5.41) is 6.36. The molecule has 0 aliphatic carbocycles. The van der Waals surface area contributed by atoms with Gasteiger partial charge in [0.1, 0.15) is 23.4 Å². The first-order chi connectivity index (χ1) is 15.5. The van der Waals surface area contributed by atoms with E-state index in [4.69, 9.17) is 9.47 Å². The number of piperazine rings is 1. The standard InChI is InChI=1S/C22H25FN6O3/c1-14(2)32-18-11-15(23)3-4-16(18)27-22-21-17(25-13-26-22)5-6-19(28-21)31-12-20(30)29-9-7-24-8-10-29/h3-6,11,13-14,24H,7-10,12H2,1-2H3,(H,25,26,27). The fourth-order valence-corrected chi connectivity index (χ4v) is 3.31. The molecule has 9 nitrogen and oxygen atoms in total. The minimum absolute atomic E-state index is 0.0853. The third-order valence-corrected chi connectivity index (χ3v) is 4.83. The van der Waals surface area contributed by atoms with E-state index < -0.39 is 5.82 Å². The summed E-state index contributed by atoms with van der Waals surface area (Å²) in [7, 11) is 0. The lowest BCUT2D eigenvalue weighted by molar-refractivity contribution is -0.134. The van der Waals surface area contributed by atoms with Gasteiger partial charge in [-0.1, -0.05) is 0 Å². The number of hydrogen-bond donors (Lipinski definition) is 2. The number of hydrogen-bond acceptors (Lipinski definition) is 8. The van der Waals surface area contributed by atoms with Gasteiger partial charge in [-0.3, -0.25) is 4.79 Å². The molecular weight excluding hydrogens is 415 g/mol. The highest BCUT2D eigenvalue weighted by atomic mass is 19.1. The van der Waals surface area contributed by atoms with Gasteiger partial charge in [-0.05, 0) is 32.0 Å². The smallest absolute Gasteiger partial charge is 0.260 e. The van der Waals surface area contributed by atoms with Crippen molar-refractivity contribution in [2.45, 2.75) is 20.0 Å². The van der Waals surface area contributed by atoms with Crippen LogP contribution in [0.25, 0.3) is 11.0 Å². The third-order valence-electron chi connectivity index (χ3n) is 4.83. The largest absolute Gasteiger partial charge is 0.489 e. The molecule has 1 aromatic carbocycles. The number of carbonyl (C=O) groups excluding carboxylic acids is 1. The quantitative estimate of drug-likeness (QED) is 0.578. The maximum Gasteiger partial charge on any atom is 0.260 e. The van der Waals surface area contributed by atoms with Crippen molar-refractivity contribution in [2.75, 3.05) is 38.1 Å². The van der Waals surface area contributed by atoms with Gasteiger partial charge < -0.3 is 25.0 Å². The zero-order valence-electron chi connectivity index (χ0n) is 18.0. The van der Waals surface area contributed by atoms with Crippen molar-refractivity contribution in [3.05, 3.63) is 42.5 Å². The molecule has 10 heteroatoms. The average Bonchev–Trinajstić information content (AvgIpc) is 2.79. The summed E-state index contributed by atoms with van der Waals surface area (Å²) in [5.41, 5.74) is 1.60. The Hall–Kier alpha value is -3.53. The number of pyridine rings is 1. The van der Waals surface area contributed by atoms with Crippen LogP contribution in [-0.2, 0) is 4.79 Å². The molecule has 0 atom stereocenters. The number of nitrogens with one attached hydrogen (secondary N) is 2. The van der Waals surface area contributed by atoms with E-state index in [-0.39, 0.29) is 24.5 Å². The third kappa shape index (κ3) is 5.20. The molecular formula is C22H25FN6O3. The molecule has 32 heavy (non-hydrogen) atoms. The monoisotopic (exact) mass is 440 g/mol. The molecule has 168 valence electrons. The van der Waals surface area contributed by atoms with Crippen molar-refractivity contribution >= 4 is 28.4 Å². The van der Waals surface area contributed by atoms with E-state index in [0.717, 1.165) is 13.1 Å². The highest BCUT2D eigenvalue weighted by Gasteiger charge is 2.17. The predicted molar refractivity (Wildman–Crippen MR) is 118 cm³/mol. The Morgan fingerprint density at radius 1 is 1.22 bits per heavy atom. The zero-order chi connectivity index (χ0) is 22.5. The number of anilines is 2. The van der Waals surface area contributed by atoms with Crippen LogP contribution in [0.1, 0.15) is 13.8 Å². The van der Waals surface area contributed by atoms with Gasteiger partial charge in [-0.2, -0.15) is 0 Å². The highest BCUT2D eigenvalue weighted by molar-refractivity contribution is 5.88. The van der Waals surface area contributed by atoms with Crippen LogP contribution in [0.5, 0.6) is 11.6 Å². The molecule has 3 heterocycles. The Morgan fingerprint density at radius 3 is 2.81 bits per heavy atom. The summed E-state index contributed by atoms with van der Waals surface area (Å²) in [4.78, 5) is 27.1. The number of fused-ring (bicyclic) bond motifs is 1. The molecule has 0 spiro atoms. The molecule has 1 fully saturated rings. The van der Waals surface area contributed by atoms with Gasteiger partial charge in [-0.15, -0.1) is 0 Å². The van der Waals surface area contributed by atoms with E-state index in [2.05, 4.69) is 25.6 Å². The number of rotatable bonds is 7. The molecule has 0 bridgehead atoms. The number of halogens is 1. The van der Waals surface area contributed by atoms with Crippen LogP contribution >= 0.6 is 0 Å². The van der Waals surface area contributed by atoms with Crippen molar-refractivity contribution in [1.29, 1.82) is 0 Å². The van der Waals surface area contributed by atoms with Crippen LogP contribution < -0.4 is 20.1 Å². The minimum atomic E-state index is -0.401. The van der Waals surface area contributed by atoms with E-state index in [1.807, 2.05) is 13.8 Å². The molecule has 2 N–H and O–H groups in total. The van der Waals surface area contributed by atoms with Gasteiger partial charge in [0.25, 0.3) is 5.91 Å². The fraction of sp³-hybridized carbons (Fsp3) is 0.364. The second-order valence-corrected chi connectivity index (χ2v) is 7.59. The molecule has 1 aliphatic heterocycles. The van der Waals surface area contributed by atoms with E-state index in [1.165, 1.54) is 18.5 Å². The molecule has 0 saturated carbocycles. The number of amides is 1. The van der Waals surface area contributed by atoms with Crippen molar-refractivity contribution in [3.63, 3.8) is 0 Å². The minimum Gasteiger partial charge on any atom is -0.489 e. The number of aromatic nitrogens is 3. The van der Waals surface area contributed by atoms with E-state index in [0.29, 0.717) is 41.4 Å². The summed E-state index contributed by atoms with van der Waals surface area (Å²) in [6.07, 6.45) is 1.28. The first-order valence-electron chi connectivity index (χ1n) is 10.5. The number of benzene rings is 1. The lowest BCUT2D eigenvalue weighted by atomic mass is 10.2. The Balaban J connectivity index is 1.55. The molecule has 1 saturated heterocycles. The molecule has 0 radical (unpaired) electrons. The first-order valence-corrected chi connectivity index (χ1v) is 10.5. The molecule has 0 unspecified atom stereocenters. The second-order valence-electron chi connectivity index (χ2n) is 7.59. The van der Waals surface area contributed by atoms with Crippen LogP contribution in [0, 0.1) is 5.82 Å². The van der Waals surface area contributed by atoms with Crippen molar-refractivity contribution in [3.8, 4) is 11.6 Å². The van der Waals surface area contributed by atoms with Crippen LogP contribution in [0.3, 0.4) is 0 Å². The van der Waals surface area contributed by atoms with Gasteiger partial charge in [-0.25, -0.2) is 19.3 Å². The highest BCUT2D eigenvalue weighted by Crippen LogP contribution is 2.31. The molecule has 1 amide bonds. The van der Waals surface area contributed by atoms with Gasteiger partial charge in [0.15, 0.2) is 12.4 Å². The van der Waals surface area contributed by atoms with Crippen LogP contribution in [-0.4, -0.2) is 64.6 Å². The maximum absolute atomic E-state index is 13.7. The Morgan fingerprint density at radius 2 is 2.03 bits per heavy atom. The number of nitrogens with zero attached hydrogens (tertiary/aromatic N) is 4. The van der Waals surface area contributed by atoms with Gasteiger partial charge in [0.2, 0.25) is 5.88 Å². The van der Waals surface area contributed by atoms with Gasteiger partial charge in [0.05, 0.1) is 17.3 Å². The number of carbonyl (C=O) groups is 1. The molecule has 1 aliphatic rings. The molecule has 3 aromatic rings. The molecule has 2 aromatic heterocycles. The summed E-state index contributed by atoms with van der Waals surface area (Å²) in [6, 6.07) is 7.64. The summed E-state index contributed by atoms with van der Waals surface area (Å²) < 4.78 is 25.1. The zero-order valence-corrected chi connectivity index (χ0v) is 18.0. The number of ether oxygens (including phenoxy) is 2. The Kier molecular flexibility index (Phi) is 6.60. The van der Waals surface area contributed by atoms with Gasteiger partial charge in [0, 0.05) is 38.3 Å². The van der Waals surface area contributed by atoms with Crippen molar-refractivity contribution < 1.29 is 18.7 Å². The van der Waals surface area contributed by atoms with Gasteiger partial charge >= 0.3 is 0 Å². The lowest BCUT2D eigenvalue weighted by Crippen LogP contribution is -2.47. The Labute approximate surface area is 185 Å². The van der Waals surface area contributed by atoms with Crippen LogP contribution in [0.15, 0.2) is 36.7 Å². The first kappa shape index (κ1) is 21.7. The summed E-state index contributed by atoms with van der Waals surface area (Å²) in [5.74, 6) is 0.575. The average molecular weight is 440 g/mol. The van der Waals surface area contributed by atoms with Crippen LogP contribution in [0.4, 0.5) is 15.9 Å². The normalized spacial score (nSPS) is 13.9. The maximum atomic E-state index is 13.7. The van der Waals surface area contributed by atoms with Crippen LogP contribution in [0.2, 0.25) is 0 Å². The summed E-state index contributed by atoms with van der Waals surface area (Å²) in [6.45, 7) is 6.50. The van der Waals surface area contributed by atoms with Crippen molar-refractivity contribution in [2.24, 2.45) is 0 Å². The lowest BCUT2D eigenvalue weighted by Gasteiger charge is -2.27. The second kappa shape index (κ2) is 9.73. The molecule has 4 rings (SSSR count). The Bertz CT molecular complexity index is 1100. The van der Waals surface area contributed by atoms with E-state index in [9.17, 15) is 9.18 Å². The van der Waals surface area contributed by atoms with E-state index >= 15 is 0 Å². The summed E-state index contributed by atoms with van der Waals surface area (Å²) >= 11 is 0. The van der Waals surface area contributed by atoms with Crippen molar-refractivity contribution in [1.82, 2.24) is 25.2 Å². The topological polar surface area (TPSA) is 102 Å². The predicted octanol–water partition coefficient (Wildman–Crippen LogP) is 2.51. The SMILES string of the molecule is CC(C)Oc1cc(F)ccc1Nc1ncnc2ccc(OCC(=O)N3CCNCC3)nc12.